The van der Waals surface area contributed by atoms with E-state index in [4.69, 9.17) is 18.9 Å². The van der Waals surface area contributed by atoms with Gasteiger partial charge < -0.3 is 34.1 Å². The summed E-state index contributed by atoms with van der Waals surface area (Å²) >= 11 is 0. The first-order valence-electron chi connectivity index (χ1n) is 14.9. The second-order valence-corrected chi connectivity index (χ2v) is 10.8. The Hall–Kier alpha value is -3.92. The molecule has 1 saturated heterocycles. The van der Waals surface area contributed by atoms with Crippen LogP contribution in [0.1, 0.15) is 31.2 Å². The molecule has 43 heavy (non-hydrogen) atoms. The van der Waals surface area contributed by atoms with Crippen molar-refractivity contribution in [2.75, 3.05) is 70.2 Å². The molecular formula is C34H41N3O6. The van der Waals surface area contributed by atoms with Gasteiger partial charge in [-0.1, -0.05) is 36.4 Å². The van der Waals surface area contributed by atoms with E-state index in [2.05, 4.69) is 23.5 Å². The summed E-state index contributed by atoms with van der Waals surface area (Å²) in [5, 5.41) is 3.45. The molecule has 2 atom stereocenters. The molecule has 3 aromatic rings. The zero-order valence-electron chi connectivity index (χ0n) is 25.2. The number of amides is 2. The summed E-state index contributed by atoms with van der Waals surface area (Å²) in [6, 6.07) is 22.1. The van der Waals surface area contributed by atoms with Crippen LogP contribution in [0.3, 0.4) is 0 Å². The number of anilines is 2. The minimum atomic E-state index is -0.290. The van der Waals surface area contributed by atoms with Crippen molar-refractivity contribution in [3.63, 3.8) is 0 Å². The predicted molar refractivity (Wildman–Crippen MR) is 167 cm³/mol. The molecule has 2 amide bonds. The number of ether oxygens (including phenoxy) is 4. The minimum Gasteiger partial charge on any atom is -0.482 e. The molecule has 3 aromatic carbocycles. The highest BCUT2D eigenvalue weighted by Gasteiger charge is 2.36. The molecule has 228 valence electrons. The molecule has 9 nitrogen and oxygen atoms in total. The van der Waals surface area contributed by atoms with Gasteiger partial charge in [-0.25, -0.2) is 0 Å². The van der Waals surface area contributed by atoms with Gasteiger partial charge in [-0.05, 0) is 79.3 Å². The quantitative estimate of drug-likeness (QED) is 0.240. The van der Waals surface area contributed by atoms with Crippen LogP contribution in [0.2, 0.25) is 0 Å². The van der Waals surface area contributed by atoms with Crippen molar-refractivity contribution in [1.29, 1.82) is 0 Å². The normalized spacial score (nSPS) is 18.1. The van der Waals surface area contributed by atoms with Gasteiger partial charge >= 0.3 is 0 Å². The van der Waals surface area contributed by atoms with Crippen LogP contribution in [0.4, 0.5) is 11.4 Å². The third-order valence-corrected chi connectivity index (χ3v) is 8.12. The third kappa shape index (κ3) is 7.01. The smallest absolute Gasteiger partial charge is 0.265 e. The first-order valence-corrected chi connectivity index (χ1v) is 14.9. The van der Waals surface area contributed by atoms with Crippen LogP contribution in [-0.4, -0.2) is 72.2 Å². The SMILES string of the molecule is CCN(C(=O)[C@H]1CNCC[C@@H]1c1cc(OCOC)cc(-c2ccccc2)c1)c1ccc2c(c1)N(CCCOC)C(=O)CO2. The monoisotopic (exact) mass is 587 g/mol. The summed E-state index contributed by atoms with van der Waals surface area (Å²) < 4.78 is 22.0. The Morgan fingerprint density at radius 1 is 1.05 bits per heavy atom. The first kappa shape index (κ1) is 30.5. The fourth-order valence-corrected chi connectivity index (χ4v) is 6.00. The Morgan fingerprint density at radius 2 is 1.88 bits per heavy atom. The molecular weight excluding hydrogens is 546 g/mol. The minimum absolute atomic E-state index is 0.00328. The van der Waals surface area contributed by atoms with Gasteiger partial charge in [-0.2, -0.15) is 0 Å². The van der Waals surface area contributed by atoms with Crippen LogP contribution >= 0.6 is 0 Å². The van der Waals surface area contributed by atoms with Gasteiger partial charge in [0, 0.05) is 46.1 Å². The second-order valence-electron chi connectivity index (χ2n) is 10.8. The number of hydrogen-bond acceptors (Lipinski definition) is 7. The molecule has 0 spiro atoms. The largest absolute Gasteiger partial charge is 0.482 e. The van der Waals surface area contributed by atoms with Crippen molar-refractivity contribution < 1.29 is 28.5 Å². The molecule has 5 rings (SSSR count). The Morgan fingerprint density at radius 3 is 2.65 bits per heavy atom. The topological polar surface area (TPSA) is 89.6 Å². The number of nitrogens with zero attached hydrogens (tertiary/aromatic N) is 2. The lowest BCUT2D eigenvalue weighted by molar-refractivity contribution is -0.123. The van der Waals surface area contributed by atoms with Crippen molar-refractivity contribution in [1.82, 2.24) is 5.32 Å². The van der Waals surface area contributed by atoms with Crippen LogP contribution in [0.15, 0.2) is 66.7 Å². The Bertz CT molecular complexity index is 1400. The fraction of sp³-hybridized carbons (Fsp3) is 0.412. The van der Waals surface area contributed by atoms with E-state index in [1.807, 2.05) is 60.4 Å². The zero-order valence-corrected chi connectivity index (χ0v) is 25.2. The van der Waals surface area contributed by atoms with Gasteiger partial charge in [0.15, 0.2) is 13.4 Å². The average molecular weight is 588 g/mol. The van der Waals surface area contributed by atoms with Crippen molar-refractivity contribution >= 4 is 23.2 Å². The van der Waals surface area contributed by atoms with Crippen molar-refractivity contribution in [3.05, 3.63) is 72.3 Å². The molecule has 2 aliphatic rings. The summed E-state index contributed by atoms with van der Waals surface area (Å²) in [4.78, 5) is 30.7. The van der Waals surface area contributed by atoms with E-state index < -0.39 is 0 Å². The highest BCUT2D eigenvalue weighted by molar-refractivity contribution is 6.00. The summed E-state index contributed by atoms with van der Waals surface area (Å²) in [5.74, 6) is 0.992. The van der Waals surface area contributed by atoms with Gasteiger partial charge in [0.2, 0.25) is 5.91 Å². The zero-order chi connectivity index (χ0) is 30.2. The van der Waals surface area contributed by atoms with E-state index in [1.165, 1.54) is 0 Å². The molecule has 2 aliphatic heterocycles. The van der Waals surface area contributed by atoms with Crippen LogP contribution < -0.4 is 24.6 Å². The van der Waals surface area contributed by atoms with Gasteiger partial charge in [0.25, 0.3) is 5.91 Å². The average Bonchev–Trinajstić information content (AvgIpc) is 3.05. The number of hydrogen-bond donors (Lipinski definition) is 1. The van der Waals surface area contributed by atoms with E-state index >= 15 is 0 Å². The highest BCUT2D eigenvalue weighted by atomic mass is 16.7. The molecule has 0 bridgehead atoms. The number of carbonyl (C=O) groups excluding carboxylic acids is 2. The number of rotatable bonds is 12. The van der Waals surface area contributed by atoms with E-state index in [0.717, 1.165) is 35.3 Å². The molecule has 1 N–H and O–H groups in total. The summed E-state index contributed by atoms with van der Waals surface area (Å²) in [7, 11) is 3.25. The Labute approximate surface area is 253 Å². The molecule has 2 heterocycles. The Balaban J connectivity index is 1.46. The predicted octanol–water partition coefficient (Wildman–Crippen LogP) is 4.84. The second kappa shape index (κ2) is 14.5. The molecule has 0 saturated carbocycles. The van der Waals surface area contributed by atoms with Crippen LogP contribution in [0.25, 0.3) is 11.1 Å². The van der Waals surface area contributed by atoms with Crippen LogP contribution in [0.5, 0.6) is 11.5 Å². The summed E-state index contributed by atoms with van der Waals surface area (Å²) in [5.41, 5.74) is 4.61. The van der Waals surface area contributed by atoms with Crippen LogP contribution in [0, 0.1) is 5.92 Å². The van der Waals surface area contributed by atoms with Gasteiger partial charge in [0.05, 0.1) is 11.6 Å². The maximum absolute atomic E-state index is 14.4. The highest BCUT2D eigenvalue weighted by Crippen LogP contribution is 2.39. The maximum atomic E-state index is 14.4. The lowest BCUT2D eigenvalue weighted by Gasteiger charge is -2.36. The molecule has 0 unspecified atom stereocenters. The van der Waals surface area contributed by atoms with E-state index in [9.17, 15) is 9.59 Å². The molecule has 1 fully saturated rings. The number of methoxy groups -OCH3 is 2. The first-order chi connectivity index (χ1) is 21.0. The number of carbonyl (C=O) groups is 2. The van der Waals surface area contributed by atoms with Crippen molar-refractivity contribution in [2.24, 2.45) is 5.92 Å². The fourth-order valence-electron chi connectivity index (χ4n) is 6.00. The summed E-state index contributed by atoms with van der Waals surface area (Å²) in [6.07, 6.45) is 1.52. The van der Waals surface area contributed by atoms with E-state index in [0.29, 0.717) is 49.8 Å². The molecule has 0 aliphatic carbocycles. The molecule has 9 heteroatoms. The number of benzene rings is 3. The van der Waals surface area contributed by atoms with Crippen LogP contribution in [-0.2, 0) is 19.1 Å². The number of nitrogens with one attached hydrogen (secondary N) is 1. The summed E-state index contributed by atoms with van der Waals surface area (Å²) in [6.45, 7) is 5.08. The maximum Gasteiger partial charge on any atom is 0.265 e. The molecule has 0 radical (unpaired) electrons. The van der Waals surface area contributed by atoms with E-state index in [-0.39, 0.29) is 37.0 Å². The lowest BCUT2D eigenvalue weighted by atomic mass is 9.79. The Kier molecular flexibility index (Phi) is 10.3. The number of piperidine rings is 1. The molecule has 0 aromatic heterocycles. The van der Waals surface area contributed by atoms with E-state index in [1.54, 1.807) is 19.1 Å². The van der Waals surface area contributed by atoms with Crippen molar-refractivity contribution in [2.45, 2.75) is 25.7 Å². The van der Waals surface area contributed by atoms with Gasteiger partial charge in [-0.15, -0.1) is 0 Å². The van der Waals surface area contributed by atoms with Gasteiger partial charge in [0.1, 0.15) is 11.5 Å². The lowest BCUT2D eigenvalue weighted by Crippen LogP contribution is -2.46. The van der Waals surface area contributed by atoms with Gasteiger partial charge in [-0.3, -0.25) is 9.59 Å². The third-order valence-electron chi connectivity index (χ3n) is 8.12. The standard InChI is InChI=1S/C34H41N3O6/c1-4-36(27-11-12-32-31(20-27)37(15-8-16-40-2)33(38)22-42-32)34(39)30-21-35-14-13-29(30)26-17-25(24-9-6-5-7-10-24)18-28(19-26)43-23-41-3/h5-7,9-12,17-20,29-30,35H,4,8,13-16,21-23H2,1-3H3/t29-,30+/m1/s1. The van der Waals surface area contributed by atoms with Crippen molar-refractivity contribution in [3.8, 4) is 22.6 Å². The number of fused-ring (bicyclic) bond motifs is 1.